The van der Waals surface area contributed by atoms with Gasteiger partial charge in [0.05, 0.1) is 58.9 Å². The van der Waals surface area contributed by atoms with Crippen LogP contribution in [0.4, 0.5) is 0 Å². The quantitative estimate of drug-likeness (QED) is 0.834. The summed E-state index contributed by atoms with van der Waals surface area (Å²) in [4.78, 5) is 1.55. The molecule has 0 aliphatic carbocycles. The van der Waals surface area contributed by atoms with Crippen LogP contribution in [0.3, 0.4) is 0 Å². The van der Waals surface area contributed by atoms with Crippen LogP contribution in [0.25, 0.3) is 5.70 Å². The lowest BCUT2D eigenvalue weighted by atomic mass is 9.93. The van der Waals surface area contributed by atoms with Gasteiger partial charge in [-0.2, -0.15) is 5.01 Å². The van der Waals surface area contributed by atoms with Crippen LogP contribution in [0.1, 0.15) is 30.0 Å². The molecule has 29 heavy (non-hydrogen) atoms. The minimum atomic E-state index is -0.337. The van der Waals surface area contributed by atoms with E-state index in [2.05, 4.69) is 47.8 Å². The summed E-state index contributed by atoms with van der Waals surface area (Å²) >= 11 is 0. The third-order valence-electron chi connectivity index (χ3n) is 6.40. The highest BCUT2D eigenvalue weighted by Gasteiger charge is 2.52. The van der Waals surface area contributed by atoms with E-state index in [9.17, 15) is 0 Å². The van der Waals surface area contributed by atoms with Gasteiger partial charge in [-0.25, -0.2) is 0 Å². The number of likely N-dealkylation sites (tertiary alicyclic amines) is 1. The van der Waals surface area contributed by atoms with Crippen molar-refractivity contribution < 1.29 is 19.1 Å². The van der Waals surface area contributed by atoms with Crippen LogP contribution >= 0.6 is 0 Å². The van der Waals surface area contributed by atoms with E-state index in [1.54, 1.807) is 19.1 Å². The Bertz CT molecular complexity index is 950. The molecule has 1 atom stereocenters. The van der Waals surface area contributed by atoms with Gasteiger partial charge < -0.3 is 24.5 Å². The van der Waals surface area contributed by atoms with Crippen LogP contribution in [0.15, 0.2) is 48.5 Å². The topological polar surface area (TPSA) is 47.4 Å². The number of hydrogen-bond acceptors (Lipinski definition) is 5. The minimum absolute atomic E-state index is 0.125. The fourth-order valence-electron chi connectivity index (χ4n) is 4.71. The fraction of sp³-hybridized carbons (Fsp3) is 0.391. The molecule has 3 aliphatic rings. The molecule has 0 bridgehead atoms. The number of para-hydroxylation sites is 1. The highest BCUT2D eigenvalue weighted by atomic mass is 16.5. The van der Waals surface area contributed by atoms with Crippen LogP contribution < -0.4 is 24.5 Å². The van der Waals surface area contributed by atoms with Gasteiger partial charge in [-0.05, 0) is 24.3 Å². The number of methoxy groups -OCH3 is 2. The molecule has 2 aromatic carbocycles. The van der Waals surface area contributed by atoms with Crippen LogP contribution in [-0.4, -0.2) is 45.1 Å². The van der Waals surface area contributed by atoms with Gasteiger partial charge >= 0.3 is 0 Å². The SMILES string of the molecule is COc1ccc(C2=C[C@H]3c4ccccc4OC4(CC[NH+](C)CC4)N3N2)c(OC)c1. The van der Waals surface area contributed by atoms with Crippen molar-refractivity contribution in [3.8, 4) is 17.2 Å². The summed E-state index contributed by atoms with van der Waals surface area (Å²) < 4.78 is 17.7. The van der Waals surface area contributed by atoms with Crippen molar-refractivity contribution in [3.63, 3.8) is 0 Å². The van der Waals surface area contributed by atoms with Crippen LogP contribution in [0.2, 0.25) is 0 Å². The van der Waals surface area contributed by atoms with E-state index in [1.165, 1.54) is 5.56 Å². The van der Waals surface area contributed by atoms with Gasteiger partial charge in [0.25, 0.3) is 0 Å². The number of nitrogens with zero attached hydrogens (tertiary/aromatic N) is 1. The number of piperidine rings is 1. The molecule has 6 heteroatoms. The summed E-state index contributed by atoms with van der Waals surface area (Å²) in [6.45, 7) is 2.18. The predicted octanol–water partition coefficient (Wildman–Crippen LogP) is 2.00. The number of ether oxygens (including phenoxy) is 3. The zero-order chi connectivity index (χ0) is 20.0. The molecule has 1 spiro atoms. The van der Waals surface area contributed by atoms with E-state index in [0.717, 1.165) is 54.4 Å². The van der Waals surface area contributed by atoms with Gasteiger partial charge in [-0.15, -0.1) is 0 Å². The van der Waals surface area contributed by atoms with E-state index >= 15 is 0 Å². The molecule has 2 aromatic rings. The molecular weight excluding hydrogens is 366 g/mol. The number of nitrogens with one attached hydrogen (secondary N) is 2. The van der Waals surface area contributed by atoms with Crippen molar-refractivity contribution in [1.82, 2.24) is 10.4 Å². The third-order valence-corrected chi connectivity index (χ3v) is 6.40. The third kappa shape index (κ3) is 2.94. The first-order valence-corrected chi connectivity index (χ1v) is 10.2. The Hall–Kier alpha value is -2.70. The zero-order valence-electron chi connectivity index (χ0n) is 17.2. The molecule has 1 saturated heterocycles. The molecule has 0 unspecified atom stereocenters. The first kappa shape index (κ1) is 18.3. The number of benzene rings is 2. The molecule has 5 rings (SSSR count). The van der Waals surface area contributed by atoms with Crippen LogP contribution in [-0.2, 0) is 0 Å². The Morgan fingerprint density at radius 2 is 1.90 bits per heavy atom. The monoisotopic (exact) mass is 394 g/mol. The average Bonchev–Trinajstić information content (AvgIpc) is 3.22. The maximum Gasteiger partial charge on any atom is 0.191 e. The Morgan fingerprint density at radius 1 is 1.10 bits per heavy atom. The molecule has 2 N–H and O–H groups in total. The molecule has 3 aliphatic heterocycles. The lowest BCUT2D eigenvalue weighted by Gasteiger charge is -2.50. The molecule has 0 saturated carbocycles. The van der Waals surface area contributed by atoms with Crippen molar-refractivity contribution >= 4 is 5.70 Å². The summed E-state index contributed by atoms with van der Waals surface area (Å²) in [5.41, 5.74) is 6.60. The summed E-state index contributed by atoms with van der Waals surface area (Å²) in [5, 5.41) is 2.32. The van der Waals surface area contributed by atoms with Crippen molar-refractivity contribution in [2.75, 3.05) is 34.4 Å². The van der Waals surface area contributed by atoms with E-state index in [-0.39, 0.29) is 11.8 Å². The molecule has 0 aromatic heterocycles. The predicted molar refractivity (Wildman–Crippen MR) is 111 cm³/mol. The van der Waals surface area contributed by atoms with Gasteiger partial charge in [0.2, 0.25) is 0 Å². The fourth-order valence-corrected chi connectivity index (χ4v) is 4.71. The lowest BCUT2D eigenvalue weighted by molar-refractivity contribution is -0.888. The van der Waals surface area contributed by atoms with Crippen LogP contribution in [0, 0.1) is 0 Å². The molecule has 1 fully saturated rings. The highest BCUT2D eigenvalue weighted by molar-refractivity contribution is 5.72. The Labute approximate surface area is 171 Å². The van der Waals surface area contributed by atoms with Crippen molar-refractivity contribution in [1.29, 1.82) is 0 Å². The summed E-state index contributed by atoms with van der Waals surface area (Å²) in [6, 6.07) is 14.5. The second-order valence-corrected chi connectivity index (χ2v) is 8.12. The first-order valence-electron chi connectivity index (χ1n) is 10.2. The molecule has 152 valence electrons. The number of hydrogen-bond donors (Lipinski definition) is 2. The molecule has 3 heterocycles. The smallest absolute Gasteiger partial charge is 0.191 e. The minimum Gasteiger partial charge on any atom is -0.497 e. The van der Waals surface area contributed by atoms with Gasteiger partial charge in [-0.1, -0.05) is 18.2 Å². The molecule has 6 nitrogen and oxygen atoms in total. The summed E-state index contributed by atoms with van der Waals surface area (Å²) in [6.07, 6.45) is 4.26. The number of quaternary nitrogens is 1. The molecule has 0 amide bonds. The normalized spacial score (nSPS) is 28.0. The maximum atomic E-state index is 6.67. The van der Waals surface area contributed by atoms with Crippen molar-refractivity contribution in [2.24, 2.45) is 0 Å². The van der Waals surface area contributed by atoms with E-state index in [1.807, 2.05) is 18.2 Å². The van der Waals surface area contributed by atoms with Crippen molar-refractivity contribution in [3.05, 3.63) is 59.7 Å². The van der Waals surface area contributed by atoms with Crippen molar-refractivity contribution in [2.45, 2.75) is 24.6 Å². The Balaban J connectivity index is 1.57. The lowest BCUT2D eigenvalue weighted by Crippen LogP contribution is -3.11. The van der Waals surface area contributed by atoms with Gasteiger partial charge in [0.15, 0.2) is 5.72 Å². The molecule has 0 radical (unpaired) electrons. The maximum absolute atomic E-state index is 6.67. The standard InChI is InChI=1S/C23H27N3O3/c1-25-12-10-23(11-13-25)26-20(18-6-4-5-7-21(18)29-23)15-19(24-26)17-9-8-16(27-2)14-22(17)28-3/h4-9,14-15,20,24H,10-13H2,1-3H3/p+1/t20-/m0/s1. The number of hydrazine groups is 1. The number of rotatable bonds is 3. The summed E-state index contributed by atoms with van der Waals surface area (Å²) in [5.74, 6) is 2.57. The Kier molecular flexibility index (Phi) is 4.41. The van der Waals surface area contributed by atoms with E-state index in [4.69, 9.17) is 14.2 Å². The van der Waals surface area contributed by atoms with E-state index in [0.29, 0.717) is 0 Å². The highest BCUT2D eigenvalue weighted by Crippen LogP contribution is 2.48. The zero-order valence-corrected chi connectivity index (χ0v) is 17.2. The first-order chi connectivity index (χ1) is 14.1. The second-order valence-electron chi connectivity index (χ2n) is 8.12. The second kappa shape index (κ2) is 6.97. The van der Waals surface area contributed by atoms with Gasteiger partial charge in [0.1, 0.15) is 17.2 Å². The Morgan fingerprint density at radius 3 is 2.66 bits per heavy atom. The number of fused-ring (bicyclic) bond motifs is 4. The van der Waals surface area contributed by atoms with E-state index < -0.39 is 0 Å². The molecular formula is C23H28N3O3+. The average molecular weight is 394 g/mol. The largest absolute Gasteiger partial charge is 0.497 e. The summed E-state index contributed by atoms with van der Waals surface area (Å²) in [7, 11) is 5.62. The van der Waals surface area contributed by atoms with Gasteiger partial charge in [-0.3, -0.25) is 0 Å². The van der Waals surface area contributed by atoms with Crippen LogP contribution in [0.5, 0.6) is 17.2 Å². The van der Waals surface area contributed by atoms with Gasteiger partial charge in [0, 0.05) is 17.2 Å².